The molecule has 0 saturated carbocycles. The molecule has 31 heavy (non-hydrogen) atoms. The van der Waals surface area contributed by atoms with Crippen LogP contribution in [0.5, 0.6) is 0 Å². The van der Waals surface area contributed by atoms with Gasteiger partial charge in [-0.15, -0.1) is 0 Å². The molecule has 1 heterocycles. The number of nitrogens with zero attached hydrogens (tertiary/aromatic N) is 2. The van der Waals surface area contributed by atoms with E-state index in [1.54, 1.807) is 29.3 Å². The maximum Gasteiger partial charge on any atom is 0.257 e. The molecule has 1 atom stereocenters. The Bertz CT molecular complexity index is 1090. The lowest BCUT2D eigenvalue weighted by atomic mass is 10.2. The van der Waals surface area contributed by atoms with Crippen LogP contribution in [0.15, 0.2) is 89.8 Å². The molecule has 3 aromatic carbocycles. The smallest absolute Gasteiger partial charge is 0.257 e. The van der Waals surface area contributed by atoms with Crippen LogP contribution in [-0.2, 0) is 14.8 Å². The Morgan fingerprint density at radius 1 is 0.903 bits per heavy atom. The van der Waals surface area contributed by atoms with Crippen molar-refractivity contribution in [2.45, 2.75) is 30.7 Å². The first kappa shape index (κ1) is 21.1. The number of nitrogens with one attached hydrogen (secondary N) is 1. The molecule has 0 bridgehead atoms. The Morgan fingerprint density at radius 3 is 2.00 bits per heavy atom. The molecule has 0 aliphatic carbocycles. The van der Waals surface area contributed by atoms with Gasteiger partial charge in [-0.25, -0.2) is 8.42 Å². The summed E-state index contributed by atoms with van der Waals surface area (Å²) < 4.78 is 27.8. The number of para-hydroxylation sites is 2. The first-order chi connectivity index (χ1) is 15.0. The number of sulfonamides is 1. The lowest BCUT2D eigenvalue weighted by molar-refractivity contribution is -0.124. The predicted octanol–water partition coefficient (Wildman–Crippen LogP) is 4.02. The Kier molecular flexibility index (Phi) is 6.06. The van der Waals surface area contributed by atoms with Crippen molar-refractivity contribution in [3.8, 4) is 0 Å². The first-order valence-corrected chi connectivity index (χ1v) is 11.7. The number of carbonyl (C=O) groups excluding carboxylic acids is 1. The third-order valence-electron chi connectivity index (χ3n) is 5.38. The van der Waals surface area contributed by atoms with Crippen LogP contribution in [-0.4, -0.2) is 31.2 Å². The quantitative estimate of drug-likeness (QED) is 0.594. The van der Waals surface area contributed by atoms with Crippen molar-refractivity contribution < 1.29 is 13.2 Å². The van der Waals surface area contributed by atoms with Gasteiger partial charge in [0.05, 0.1) is 16.3 Å². The number of amides is 1. The summed E-state index contributed by atoms with van der Waals surface area (Å²) >= 11 is 0. The molecule has 1 N–H and O–H groups in total. The van der Waals surface area contributed by atoms with Gasteiger partial charge in [0.2, 0.25) is 10.0 Å². The number of rotatable bonds is 6. The zero-order chi connectivity index (χ0) is 21.8. The average Bonchev–Trinajstić information content (AvgIpc) is 3.30. The van der Waals surface area contributed by atoms with E-state index in [9.17, 15) is 13.2 Å². The zero-order valence-electron chi connectivity index (χ0n) is 17.3. The molecule has 0 unspecified atom stereocenters. The maximum atomic E-state index is 13.3. The van der Waals surface area contributed by atoms with Gasteiger partial charge in [-0.1, -0.05) is 54.1 Å². The van der Waals surface area contributed by atoms with E-state index in [1.807, 2.05) is 67.6 Å². The van der Waals surface area contributed by atoms with Crippen molar-refractivity contribution in [1.29, 1.82) is 0 Å². The molecule has 1 aliphatic heterocycles. The molecular formula is C24H25N3O3S. The van der Waals surface area contributed by atoms with Crippen molar-refractivity contribution in [3.05, 3.63) is 90.5 Å². The molecule has 0 aromatic heterocycles. The highest BCUT2D eigenvalue weighted by Gasteiger charge is 2.40. The van der Waals surface area contributed by atoms with E-state index in [1.165, 1.54) is 4.31 Å². The van der Waals surface area contributed by atoms with Crippen LogP contribution in [0.3, 0.4) is 0 Å². The van der Waals surface area contributed by atoms with Crippen LogP contribution >= 0.6 is 0 Å². The van der Waals surface area contributed by atoms with Crippen molar-refractivity contribution in [1.82, 2.24) is 9.73 Å². The second-order valence-electron chi connectivity index (χ2n) is 7.57. The van der Waals surface area contributed by atoms with E-state index in [4.69, 9.17) is 0 Å². The number of benzene rings is 3. The summed E-state index contributed by atoms with van der Waals surface area (Å²) in [6, 6.07) is 24.9. The van der Waals surface area contributed by atoms with Crippen LogP contribution in [0.25, 0.3) is 0 Å². The highest BCUT2D eigenvalue weighted by molar-refractivity contribution is 7.89. The van der Waals surface area contributed by atoms with E-state index in [-0.39, 0.29) is 10.8 Å². The summed E-state index contributed by atoms with van der Waals surface area (Å²) in [6.07, 6.45) is 1.12. The lowest BCUT2D eigenvalue weighted by Gasteiger charge is -2.29. The molecule has 4 rings (SSSR count). The number of hydrogen-bond acceptors (Lipinski definition) is 4. The molecular weight excluding hydrogens is 410 g/mol. The largest absolute Gasteiger partial charge is 0.271 e. The van der Waals surface area contributed by atoms with Crippen molar-refractivity contribution in [2.24, 2.45) is 0 Å². The zero-order valence-corrected chi connectivity index (χ0v) is 18.1. The van der Waals surface area contributed by atoms with E-state index in [2.05, 4.69) is 5.43 Å². The van der Waals surface area contributed by atoms with Gasteiger partial charge in [0, 0.05) is 6.54 Å². The number of anilines is 2. The molecule has 160 valence electrons. The second-order valence-corrected chi connectivity index (χ2v) is 9.46. The monoisotopic (exact) mass is 435 g/mol. The standard InChI is InChI=1S/C24H25N3O3S/c1-19-14-16-22(17-15-19)31(29,30)26-18-8-13-23(26)24(28)25-27(20-9-4-2-5-10-20)21-11-6-3-7-12-21/h2-7,9-12,14-17,23H,8,13,18H2,1H3,(H,25,28)/t23-/m0/s1. The van der Waals surface area contributed by atoms with Crippen LogP contribution < -0.4 is 10.4 Å². The highest BCUT2D eigenvalue weighted by atomic mass is 32.2. The summed E-state index contributed by atoms with van der Waals surface area (Å²) in [5.74, 6) is -0.346. The van der Waals surface area contributed by atoms with Crippen molar-refractivity contribution >= 4 is 27.3 Å². The van der Waals surface area contributed by atoms with Gasteiger partial charge in [-0.05, 0) is 56.2 Å². The molecule has 6 nitrogen and oxygen atoms in total. The fourth-order valence-corrected chi connectivity index (χ4v) is 5.41. The third kappa shape index (κ3) is 4.47. The van der Waals surface area contributed by atoms with Gasteiger partial charge in [-0.2, -0.15) is 4.31 Å². The van der Waals surface area contributed by atoms with Gasteiger partial charge in [0.1, 0.15) is 6.04 Å². The first-order valence-electron chi connectivity index (χ1n) is 10.3. The number of carbonyl (C=O) groups is 1. The van der Waals surface area contributed by atoms with Crippen LogP contribution in [0, 0.1) is 6.92 Å². The van der Waals surface area contributed by atoms with E-state index < -0.39 is 16.1 Å². The molecule has 0 radical (unpaired) electrons. The Labute approximate surface area is 183 Å². The molecule has 1 amide bonds. The fourth-order valence-electron chi connectivity index (χ4n) is 3.75. The average molecular weight is 436 g/mol. The molecule has 1 saturated heterocycles. The SMILES string of the molecule is Cc1ccc(S(=O)(=O)N2CCC[C@H]2C(=O)NN(c2ccccc2)c2ccccc2)cc1. The Hall–Kier alpha value is -3.16. The van der Waals surface area contributed by atoms with Crippen LogP contribution in [0.2, 0.25) is 0 Å². The summed E-state index contributed by atoms with van der Waals surface area (Å²) in [6.45, 7) is 2.23. The fraction of sp³-hybridized carbons (Fsp3) is 0.208. The van der Waals surface area contributed by atoms with E-state index in [0.717, 1.165) is 16.9 Å². The van der Waals surface area contributed by atoms with Gasteiger partial charge >= 0.3 is 0 Å². The van der Waals surface area contributed by atoms with E-state index >= 15 is 0 Å². The maximum absolute atomic E-state index is 13.3. The Balaban J connectivity index is 1.60. The summed E-state index contributed by atoms with van der Waals surface area (Å²) in [5, 5.41) is 1.69. The molecule has 3 aromatic rings. The van der Waals surface area contributed by atoms with Crippen LogP contribution in [0.4, 0.5) is 11.4 Å². The molecule has 1 fully saturated rings. The Morgan fingerprint density at radius 2 is 1.45 bits per heavy atom. The van der Waals surface area contributed by atoms with Gasteiger partial charge in [-0.3, -0.25) is 15.2 Å². The summed E-state index contributed by atoms with van der Waals surface area (Å²) in [7, 11) is -3.76. The topological polar surface area (TPSA) is 69.7 Å². The third-order valence-corrected chi connectivity index (χ3v) is 7.31. The number of hydrazine groups is 1. The van der Waals surface area contributed by atoms with Gasteiger partial charge < -0.3 is 0 Å². The van der Waals surface area contributed by atoms with Crippen LogP contribution in [0.1, 0.15) is 18.4 Å². The van der Waals surface area contributed by atoms with Gasteiger partial charge in [0.15, 0.2) is 0 Å². The molecule has 7 heteroatoms. The summed E-state index contributed by atoms with van der Waals surface area (Å²) in [4.78, 5) is 13.5. The normalized spacial score (nSPS) is 16.7. The molecule has 1 aliphatic rings. The minimum absolute atomic E-state index is 0.209. The van der Waals surface area contributed by atoms with Crippen molar-refractivity contribution in [2.75, 3.05) is 11.6 Å². The minimum Gasteiger partial charge on any atom is -0.271 e. The minimum atomic E-state index is -3.76. The number of aryl methyl sites for hydroxylation is 1. The second kappa shape index (κ2) is 8.91. The lowest BCUT2D eigenvalue weighted by Crippen LogP contribution is -2.50. The van der Waals surface area contributed by atoms with E-state index in [0.29, 0.717) is 19.4 Å². The summed E-state index contributed by atoms with van der Waals surface area (Å²) in [5.41, 5.74) is 5.50. The van der Waals surface area contributed by atoms with Gasteiger partial charge in [0.25, 0.3) is 5.91 Å². The molecule has 0 spiro atoms. The highest BCUT2D eigenvalue weighted by Crippen LogP contribution is 2.28. The number of hydrogen-bond donors (Lipinski definition) is 1. The van der Waals surface area contributed by atoms with Crippen molar-refractivity contribution in [3.63, 3.8) is 0 Å². The predicted molar refractivity (Wildman–Crippen MR) is 121 cm³/mol.